The number of piperidine rings is 1. The monoisotopic (exact) mass is 419 g/mol. The van der Waals surface area contributed by atoms with E-state index in [-0.39, 0.29) is 5.91 Å². The second-order valence-electron chi connectivity index (χ2n) is 8.81. The smallest absolute Gasteiger partial charge is 0.251 e. The van der Waals surface area contributed by atoms with Crippen LogP contribution >= 0.6 is 11.3 Å². The molecule has 5 rings (SSSR count). The number of fused-ring (bicyclic) bond motifs is 1. The molecule has 1 amide bonds. The number of hydrogen-bond donors (Lipinski definition) is 1. The third-order valence-electron chi connectivity index (χ3n) is 6.75. The fourth-order valence-electron chi connectivity index (χ4n) is 4.86. The van der Waals surface area contributed by atoms with Gasteiger partial charge in [0.15, 0.2) is 0 Å². The Hall–Kier alpha value is -2.24. The van der Waals surface area contributed by atoms with Gasteiger partial charge in [-0.25, -0.2) is 4.98 Å². The van der Waals surface area contributed by atoms with Crippen molar-refractivity contribution in [3.8, 4) is 0 Å². The number of aromatic nitrogens is 1. The van der Waals surface area contributed by atoms with Crippen molar-refractivity contribution >= 4 is 27.5 Å². The van der Waals surface area contributed by atoms with E-state index in [2.05, 4.69) is 17.1 Å². The molecule has 0 radical (unpaired) electrons. The Kier molecular flexibility index (Phi) is 5.57. The van der Waals surface area contributed by atoms with Crippen LogP contribution in [-0.4, -0.2) is 34.4 Å². The molecule has 0 spiro atoms. The molecule has 156 valence electrons. The maximum atomic E-state index is 12.6. The molecular formula is C25H29N3OS. The van der Waals surface area contributed by atoms with Gasteiger partial charge >= 0.3 is 0 Å². The van der Waals surface area contributed by atoms with Crippen LogP contribution in [0.2, 0.25) is 0 Å². The highest BCUT2D eigenvalue weighted by molar-refractivity contribution is 7.18. The summed E-state index contributed by atoms with van der Waals surface area (Å²) in [5, 5.41) is 4.26. The number of hydrogen-bond acceptors (Lipinski definition) is 4. The summed E-state index contributed by atoms with van der Waals surface area (Å²) in [4.78, 5) is 20.2. The van der Waals surface area contributed by atoms with Crippen molar-refractivity contribution in [3.05, 3.63) is 64.7 Å². The van der Waals surface area contributed by atoms with Crippen LogP contribution in [0.25, 0.3) is 10.2 Å². The van der Waals surface area contributed by atoms with Crippen molar-refractivity contribution in [1.82, 2.24) is 15.2 Å². The van der Waals surface area contributed by atoms with Crippen molar-refractivity contribution in [2.45, 2.75) is 63.6 Å². The summed E-state index contributed by atoms with van der Waals surface area (Å²) in [5.41, 5.74) is 2.83. The molecule has 1 saturated carbocycles. The highest BCUT2D eigenvalue weighted by Crippen LogP contribution is 2.44. The lowest BCUT2D eigenvalue weighted by Crippen LogP contribution is -2.50. The third-order valence-corrected chi connectivity index (χ3v) is 7.93. The van der Waals surface area contributed by atoms with Gasteiger partial charge in [0.05, 0.1) is 15.2 Å². The number of rotatable bonds is 5. The highest BCUT2D eigenvalue weighted by Gasteiger charge is 2.38. The molecule has 1 saturated heterocycles. The standard InChI is InChI=1S/C25H29N3OS/c1-17-7-5-6-12-28(17)21-13-20(14-21)25-27-22-11-10-19(15-23(22)30-25)24(29)26-16-18-8-3-2-4-9-18/h2-4,8-11,15,17,20-21H,5-7,12-14,16H2,1H3,(H,26,29)/t17-,20?,21?/m0/s1. The van der Waals surface area contributed by atoms with Gasteiger partial charge in [0.2, 0.25) is 0 Å². The van der Waals surface area contributed by atoms with E-state index in [0.29, 0.717) is 18.0 Å². The molecule has 1 aliphatic heterocycles. The zero-order valence-electron chi connectivity index (χ0n) is 17.5. The molecule has 30 heavy (non-hydrogen) atoms. The number of amides is 1. The first-order chi connectivity index (χ1) is 14.7. The Morgan fingerprint density at radius 1 is 1.17 bits per heavy atom. The number of carbonyl (C=O) groups is 1. The van der Waals surface area contributed by atoms with Crippen LogP contribution in [0, 0.1) is 0 Å². The molecule has 0 bridgehead atoms. The van der Waals surface area contributed by atoms with Gasteiger partial charge in [-0.05, 0) is 62.9 Å². The number of nitrogens with one attached hydrogen (secondary N) is 1. The molecule has 1 aromatic heterocycles. The molecule has 1 aliphatic carbocycles. The average Bonchev–Trinajstić information content (AvgIpc) is 3.15. The van der Waals surface area contributed by atoms with Gasteiger partial charge in [0.1, 0.15) is 0 Å². The fraction of sp³-hybridized carbons (Fsp3) is 0.440. The largest absolute Gasteiger partial charge is 0.348 e. The van der Waals surface area contributed by atoms with E-state index in [9.17, 15) is 4.79 Å². The van der Waals surface area contributed by atoms with Crippen LogP contribution in [0.15, 0.2) is 48.5 Å². The summed E-state index contributed by atoms with van der Waals surface area (Å²) in [6.45, 7) is 4.19. The highest BCUT2D eigenvalue weighted by atomic mass is 32.1. The number of thiazole rings is 1. The van der Waals surface area contributed by atoms with Crippen LogP contribution in [-0.2, 0) is 6.54 Å². The second-order valence-corrected chi connectivity index (χ2v) is 9.87. The molecule has 2 aromatic carbocycles. The van der Waals surface area contributed by atoms with Gasteiger partial charge in [-0.15, -0.1) is 11.3 Å². The van der Waals surface area contributed by atoms with Gasteiger partial charge in [0, 0.05) is 30.1 Å². The zero-order chi connectivity index (χ0) is 20.5. The van der Waals surface area contributed by atoms with Crippen molar-refractivity contribution in [3.63, 3.8) is 0 Å². The van der Waals surface area contributed by atoms with E-state index >= 15 is 0 Å². The lowest BCUT2D eigenvalue weighted by atomic mass is 9.78. The minimum atomic E-state index is -0.0292. The minimum absolute atomic E-state index is 0.0292. The molecule has 4 nitrogen and oxygen atoms in total. The SMILES string of the molecule is C[C@H]1CCCCN1C1CC(c2nc3ccc(C(=O)NCc4ccccc4)cc3s2)C1. The summed E-state index contributed by atoms with van der Waals surface area (Å²) in [7, 11) is 0. The topological polar surface area (TPSA) is 45.2 Å². The van der Waals surface area contributed by atoms with Crippen molar-refractivity contribution in [1.29, 1.82) is 0 Å². The Morgan fingerprint density at radius 3 is 2.80 bits per heavy atom. The van der Waals surface area contributed by atoms with E-state index in [1.165, 1.54) is 43.7 Å². The molecule has 1 N–H and O–H groups in total. The molecule has 2 fully saturated rings. The quantitative estimate of drug-likeness (QED) is 0.607. The summed E-state index contributed by atoms with van der Waals surface area (Å²) in [5.74, 6) is 0.551. The van der Waals surface area contributed by atoms with Crippen LogP contribution < -0.4 is 5.32 Å². The van der Waals surface area contributed by atoms with Gasteiger partial charge in [0.25, 0.3) is 5.91 Å². The van der Waals surface area contributed by atoms with Gasteiger partial charge in [-0.2, -0.15) is 0 Å². The lowest BCUT2D eigenvalue weighted by Gasteiger charge is -2.47. The van der Waals surface area contributed by atoms with Crippen LogP contribution in [0.4, 0.5) is 0 Å². The van der Waals surface area contributed by atoms with E-state index in [1.807, 2.05) is 48.5 Å². The van der Waals surface area contributed by atoms with Gasteiger partial charge in [-0.3, -0.25) is 9.69 Å². The fourth-order valence-corrected chi connectivity index (χ4v) is 5.99. The van der Waals surface area contributed by atoms with Crippen molar-refractivity contribution < 1.29 is 4.79 Å². The minimum Gasteiger partial charge on any atom is -0.348 e. The zero-order valence-corrected chi connectivity index (χ0v) is 18.3. The predicted molar refractivity (Wildman–Crippen MR) is 123 cm³/mol. The Bertz CT molecular complexity index is 1030. The number of carbonyl (C=O) groups excluding carboxylic acids is 1. The Balaban J connectivity index is 1.23. The first-order valence-corrected chi connectivity index (χ1v) is 12.0. The molecular weight excluding hydrogens is 390 g/mol. The summed E-state index contributed by atoms with van der Waals surface area (Å²) < 4.78 is 1.12. The number of benzene rings is 2. The summed E-state index contributed by atoms with van der Waals surface area (Å²) >= 11 is 1.77. The number of likely N-dealkylation sites (tertiary alicyclic amines) is 1. The van der Waals surface area contributed by atoms with E-state index < -0.39 is 0 Å². The third kappa shape index (κ3) is 4.01. The van der Waals surface area contributed by atoms with Crippen LogP contribution in [0.1, 0.15) is 65.9 Å². The maximum absolute atomic E-state index is 12.6. The Labute approximate surface area is 182 Å². The van der Waals surface area contributed by atoms with Crippen molar-refractivity contribution in [2.75, 3.05) is 6.54 Å². The molecule has 2 heterocycles. The van der Waals surface area contributed by atoms with Crippen molar-refractivity contribution in [2.24, 2.45) is 0 Å². The number of nitrogens with zero attached hydrogens (tertiary/aromatic N) is 2. The van der Waals surface area contributed by atoms with Gasteiger partial charge in [-0.1, -0.05) is 36.8 Å². The van der Waals surface area contributed by atoms with E-state index in [4.69, 9.17) is 4.98 Å². The summed E-state index contributed by atoms with van der Waals surface area (Å²) in [6.07, 6.45) is 6.54. The normalized spacial score (nSPS) is 24.5. The molecule has 5 heteroatoms. The molecule has 1 atom stereocenters. The average molecular weight is 420 g/mol. The maximum Gasteiger partial charge on any atom is 0.251 e. The first-order valence-electron chi connectivity index (χ1n) is 11.2. The van der Waals surface area contributed by atoms with E-state index in [0.717, 1.165) is 27.9 Å². The predicted octanol–water partition coefficient (Wildman–Crippen LogP) is 5.35. The molecule has 0 unspecified atom stereocenters. The van der Waals surface area contributed by atoms with Crippen LogP contribution in [0.3, 0.4) is 0 Å². The van der Waals surface area contributed by atoms with Gasteiger partial charge < -0.3 is 5.32 Å². The van der Waals surface area contributed by atoms with E-state index in [1.54, 1.807) is 11.3 Å². The summed E-state index contributed by atoms with van der Waals surface area (Å²) in [6, 6.07) is 17.4. The second kappa shape index (κ2) is 8.48. The molecule has 2 aliphatic rings. The lowest BCUT2D eigenvalue weighted by molar-refractivity contribution is 0.0480. The Morgan fingerprint density at radius 2 is 2.00 bits per heavy atom. The molecule has 3 aromatic rings. The first kappa shape index (κ1) is 19.7. The van der Waals surface area contributed by atoms with Crippen LogP contribution in [0.5, 0.6) is 0 Å².